The summed E-state index contributed by atoms with van der Waals surface area (Å²) in [5, 5.41) is 4.29. The molecule has 8 bridgehead atoms. The Kier molecular flexibility index (Phi) is 20.3. The Morgan fingerprint density at radius 2 is 0.571 bits per heavy atom. The molecule has 8 aromatic rings. The number of aromatic nitrogens is 4. The van der Waals surface area contributed by atoms with Gasteiger partial charge in [-0.05, 0) is 162 Å². The van der Waals surface area contributed by atoms with Gasteiger partial charge in [0.2, 0.25) is 0 Å². The molecule has 4 N–H and O–H groups in total. The third-order valence-electron chi connectivity index (χ3n) is 19.7. The maximum atomic E-state index is 4.25. The number of fused-ring (bicyclic) bond motifs is 14. The van der Waals surface area contributed by atoms with Crippen LogP contribution < -0.4 is 21.4 Å². The molecule has 2 aliphatic carbocycles. The quantitative estimate of drug-likeness (QED) is 0.0324. The molecule has 4 aromatic carbocycles. The van der Waals surface area contributed by atoms with E-state index in [2.05, 4.69) is 213 Å². The van der Waals surface area contributed by atoms with Gasteiger partial charge in [0.25, 0.3) is 0 Å². The van der Waals surface area contributed by atoms with Gasteiger partial charge in [0.1, 0.15) is 0 Å². The first-order valence-corrected chi connectivity index (χ1v) is 35.0. The lowest BCUT2D eigenvalue weighted by Gasteiger charge is -2.35. The van der Waals surface area contributed by atoms with Crippen molar-refractivity contribution >= 4 is 52.0 Å². The van der Waals surface area contributed by atoms with Crippen molar-refractivity contribution in [3.63, 3.8) is 0 Å². The summed E-state index contributed by atoms with van der Waals surface area (Å²) in [6.45, 7) is 9.31. The Morgan fingerprint density at radius 3 is 0.940 bits per heavy atom. The van der Waals surface area contributed by atoms with E-state index in [1.54, 1.807) is 0 Å². The SMILES string of the molecule is CCCCCCCCC1(CCCCCCCC)c2ccccc2-c2cccc(C3=c4ccc([nH]4)=C(Br)c4ccc([nH]4)C(c4cccc5c4C(CCCCCCCC)(CCCCCCCC)c4ccccc4-5)=c4ccc([nH]4)=C(Br)c4ccc3[nH]4)c21. The van der Waals surface area contributed by atoms with E-state index in [1.165, 1.54) is 221 Å². The minimum Gasteiger partial charge on any atom is -0.354 e. The van der Waals surface area contributed by atoms with Crippen molar-refractivity contribution < 1.29 is 0 Å². The zero-order chi connectivity index (χ0) is 57.9. The van der Waals surface area contributed by atoms with Gasteiger partial charge in [-0.15, -0.1) is 0 Å². The highest BCUT2D eigenvalue weighted by Crippen LogP contribution is 2.58. The molecule has 0 unspecified atom stereocenters. The number of nitrogens with one attached hydrogen (secondary N) is 4. The van der Waals surface area contributed by atoms with Crippen LogP contribution in [0.5, 0.6) is 0 Å². The monoisotopic (exact) mass is 1240 g/mol. The van der Waals surface area contributed by atoms with E-state index in [-0.39, 0.29) is 10.8 Å². The van der Waals surface area contributed by atoms with Crippen molar-refractivity contribution in [3.8, 4) is 22.3 Å². The van der Waals surface area contributed by atoms with Crippen LogP contribution in [0, 0.1) is 0 Å². The minimum atomic E-state index is -0.0934. The zero-order valence-corrected chi connectivity index (χ0v) is 54.4. The molecule has 5 heterocycles. The second-order valence-electron chi connectivity index (χ2n) is 25.3. The summed E-state index contributed by atoms with van der Waals surface area (Å²) in [4.78, 5) is 16.3. The molecule has 0 radical (unpaired) electrons. The fourth-order valence-electron chi connectivity index (χ4n) is 15.5. The van der Waals surface area contributed by atoms with Crippen LogP contribution >= 0.6 is 31.9 Å². The standard InChI is InChI=1S/C78H94Br2N4/c1-5-9-13-17-21-29-51-77(52-30-22-18-14-10-6-2)61-41-27-25-35-55(61)57-37-33-39-59(73(57)77)71-63-43-47-67(81-63)75(79)69-49-45-65(83-69)72(66-46-50-70(84-66)76(80)68-48-44-64(71)82-68)60-40-34-38-58-56-36-26-28-42-62(56)78(74(58)60,53-31-23-19-15-11-7-3)54-32-24-20-16-12-8-4/h25-28,33-50,81-84H,5-24,29-32,51-54H2,1-4H3. The van der Waals surface area contributed by atoms with E-state index in [0.717, 1.165) is 78.8 Å². The number of hydrogen-bond acceptors (Lipinski definition) is 0. The first-order chi connectivity index (χ1) is 41.4. The second-order valence-corrected chi connectivity index (χ2v) is 26.9. The van der Waals surface area contributed by atoms with Crippen molar-refractivity contribution in [1.29, 1.82) is 0 Å². The van der Waals surface area contributed by atoms with E-state index < -0.39 is 0 Å². The first kappa shape index (κ1) is 60.1. The zero-order valence-electron chi connectivity index (χ0n) is 51.3. The summed E-state index contributed by atoms with van der Waals surface area (Å²) < 4.78 is 2.03. The Bertz CT molecular complexity index is 3480. The van der Waals surface area contributed by atoms with E-state index in [0.29, 0.717) is 0 Å². The molecular weight excluding hydrogens is 1150 g/mol. The number of H-pyrrole nitrogens is 4. The Balaban J connectivity index is 1.07. The number of hydrogen-bond donors (Lipinski definition) is 4. The van der Waals surface area contributed by atoms with Gasteiger partial charge in [0.15, 0.2) is 0 Å². The molecule has 0 spiro atoms. The van der Waals surface area contributed by atoms with Crippen LogP contribution in [-0.2, 0) is 10.8 Å². The molecule has 0 amide bonds. The summed E-state index contributed by atoms with van der Waals surface area (Å²) in [5.41, 5.74) is 20.9. The third kappa shape index (κ3) is 12.3. The van der Waals surface area contributed by atoms with Gasteiger partial charge in [0, 0.05) is 44.1 Å². The van der Waals surface area contributed by atoms with Crippen molar-refractivity contribution in [1.82, 2.24) is 19.9 Å². The van der Waals surface area contributed by atoms with Crippen molar-refractivity contribution in [2.24, 2.45) is 0 Å². The maximum absolute atomic E-state index is 4.25. The highest BCUT2D eigenvalue weighted by atomic mass is 79.9. The molecule has 440 valence electrons. The molecule has 0 saturated heterocycles. The van der Waals surface area contributed by atoms with Gasteiger partial charge in [-0.3, -0.25) is 0 Å². The molecular formula is C78H94Br2N4. The lowest BCUT2D eigenvalue weighted by Crippen LogP contribution is -2.28. The predicted octanol–water partition coefficient (Wildman–Crippen LogP) is 20.4. The molecule has 4 aromatic heterocycles. The van der Waals surface area contributed by atoms with Crippen LogP contribution in [0.1, 0.15) is 264 Å². The van der Waals surface area contributed by atoms with Gasteiger partial charge < -0.3 is 19.9 Å². The fourth-order valence-corrected chi connectivity index (χ4v) is 16.4. The number of halogens is 2. The van der Waals surface area contributed by atoms with Gasteiger partial charge >= 0.3 is 0 Å². The van der Waals surface area contributed by atoms with E-state index in [9.17, 15) is 0 Å². The molecule has 4 nitrogen and oxygen atoms in total. The van der Waals surface area contributed by atoms with E-state index in [1.807, 2.05) is 0 Å². The Hall–Kier alpha value is -5.56. The summed E-state index contributed by atoms with van der Waals surface area (Å²) in [6.07, 6.45) is 35.7. The molecule has 3 aliphatic rings. The maximum Gasteiger partial charge on any atom is 0.0645 e. The van der Waals surface area contributed by atoms with Gasteiger partial charge in [-0.1, -0.05) is 267 Å². The van der Waals surface area contributed by atoms with Gasteiger partial charge in [-0.2, -0.15) is 0 Å². The predicted molar refractivity (Wildman–Crippen MR) is 365 cm³/mol. The summed E-state index contributed by atoms with van der Waals surface area (Å²) in [7, 11) is 0. The highest BCUT2D eigenvalue weighted by Gasteiger charge is 2.46. The number of benzene rings is 4. The first-order valence-electron chi connectivity index (χ1n) is 33.4. The van der Waals surface area contributed by atoms with Crippen molar-refractivity contribution in [2.75, 3.05) is 0 Å². The molecule has 0 saturated carbocycles. The smallest absolute Gasteiger partial charge is 0.0645 e. The Morgan fingerprint density at radius 1 is 0.274 bits per heavy atom. The summed E-state index contributed by atoms with van der Waals surface area (Å²) in [6, 6.07) is 51.7. The van der Waals surface area contributed by atoms with Crippen molar-refractivity contribution in [3.05, 3.63) is 211 Å². The molecule has 84 heavy (non-hydrogen) atoms. The van der Waals surface area contributed by atoms with Crippen LogP contribution in [-0.4, -0.2) is 19.9 Å². The van der Waals surface area contributed by atoms with Crippen LogP contribution in [0.4, 0.5) is 0 Å². The van der Waals surface area contributed by atoms with E-state index in [4.69, 9.17) is 0 Å². The van der Waals surface area contributed by atoms with Crippen LogP contribution in [0.3, 0.4) is 0 Å². The molecule has 0 fully saturated rings. The lowest BCUT2D eigenvalue weighted by atomic mass is 9.68. The second kappa shape index (κ2) is 28.3. The van der Waals surface area contributed by atoms with Gasteiger partial charge in [0.05, 0.1) is 31.1 Å². The van der Waals surface area contributed by atoms with Gasteiger partial charge in [-0.25, -0.2) is 0 Å². The number of aromatic amines is 4. The Labute approximate surface area is 519 Å². The third-order valence-corrected chi connectivity index (χ3v) is 21.4. The summed E-state index contributed by atoms with van der Waals surface area (Å²) >= 11 is 8.49. The van der Waals surface area contributed by atoms with Crippen LogP contribution in [0.25, 0.3) is 42.4 Å². The number of unbranched alkanes of at least 4 members (excludes halogenated alkanes) is 20. The van der Waals surface area contributed by atoms with Crippen LogP contribution in [0.15, 0.2) is 133 Å². The lowest BCUT2D eigenvalue weighted by molar-refractivity contribution is 0.397. The largest absolute Gasteiger partial charge is 0.354 e. The average molecular weight is 1250 g/mol. The number of rotatable bonds is 30. The molecule has 0 atom stereocenters. The normalized spacial score (nSPS) is 14.5. The average Bonchev–Trinajstić information content (AvgIpc) is 1.71. The molecule has 6 heteroatoms. The fraction of sp³-hybridized carbons (Fsp3) is 0.436. The van der Waals surface area contributed by atoms with E-state index >= 15 is 0 Å². The molecule has 1 aliphatic heterocycles. The highest BCUT2D eigenvalue weighted by molar-refractivity contribution is 9.15. The molecule has 11 rings (SSSR count). The topological polar surface area (TPSA) is 63.2 Å². The van der Waals surface area contributed by atoms with Crippen LogP contribution in [0.2, 0.25) is 0 Å². The van der Waals surface area contributed by atoms with Crippen molar-refractivity contribution in [2.45, 2.75) is 218 Å². The summed E-state index contributed by atoms with van der Waals surface area (Å²) in [5.74, 6) is 0. The minimum absolute atomic E-state index is 0.0934.